The highest BCUT2D eigenvalue weighted by Gasteiger charge is 2.36. The summed E-state index contributed by atoms with van der Waals surface area (Å²) in [7, 11) is 0. The van der Waals surface area contributed by atoms with Gasteiger partial charge in [0.15, 0.2) is 5.82 Å². The van der Waals surface area contributed by atoms with Crippen molar-refractivity contribution < 1.29 is 9.18 Å². The van der Waals surface area contributed by atoms with Crippen LogP contribution >= 0.6 is 11.6 Å². The van der Waals surface area contributed by atoms with Crippen LogP contribution in [0.15, 0.2) is 67.1 Å². The second-order valence-corrected chi connectivity index (χ2v) is 8.02. The molecule has 0 spiro atoms. The largest absolute Gasteiger partial charge is 0.349 e. The van der Waals surface area contributed by atoms with Crippen molar-refractivity contribution in [2.45, 2.75) is 24.8 Å². The fourth-order valence-corrected chi connectivity index (χ4v) is 4.06. The van der Waals surface area contributed by atoms with Crippen LogP contribution in [0.3, 0.4) is 0 Å². The molecule has 4 aromatic rings. The summed E-state index contributed by atoms with van der Waals surface area (Å²) in [6, 6.07) is 14.8. The number of nitrogens with one attached hydrogen (secondary N) is 1. The Morgan fingerprint density at radius 1 is 1.06 bits per heavy atom. The molecule has 0 bridgehead atoms. The van der Waals surface area contributed by atoms with E-state index in [0.29, 0.717) is 34.9 Å². The summed E-state index contributed by atoms with van der Waals surface area (Å²) in [6.45, 7) is 0. The Balaban J connectivity index is 1.39. The highest BCUT2D eigenvalue weighted by atomic mass is 35.5. The molecular weight excluding hydrogens is 431 g/mol. The van der Waals surface area contributed by atoms with Crippen LogP contribution in [0.25, 0.3) is 17.2 Å². The van der Waals surface area contributed by atoms with Gasteiger partial charge in [-0.2, -0.15) is 0 Å². The van der Waals surface area contributed by atoms with Gasteiger partial charge in [-0.1, -0.05) is 23.7 Å². The van der Waals surface area contributed by atoms with Gasteiger partial charge in [0.05, 0.1) is 10.7 Å². The maximum Gasteiger partial charge on any atom is 0.251 e. The van der Waals surface area contributed by atoms with Gasteiger partial charge in [-0.3, -0.25) is 9.36 Å². The lowest BCUT2D eigenvalue weighted by Gasteiger charge is -2.35. The number of nitrogens with zero attached hydrogens (tertiary/aromatic N) is 5. The summed E-state index contributed by atoms with van der Waals surface area (Å²) in [5, 5.41) is 12.4. The van der Waals surface area contributed by atoms with Crippen LogP contribution < -0.4 is 5.32 Å². The number of aromatic nitrogens is 5. The van der Waals surface area contributed by atoms with Crippen LogP contribution in [0.4, 0.5) is 4.39 Å². The molecule has 2 aromatic carbocycles. The molecule has 7 nitrogen and oxygen atoms in total. The molecule has 1 fully saturated rings. The average Bonchev–Trinajstić information content (AvgIpc) is 3.21. The number of halogens is 2. The zero-order valence-corrected chi connectivity index (χ0v) is 17.6. The topological polar surface area (TPSA) is 85.6 Å². The SMILES string of the molecule is O=C(NC1CC(c2nnc(-c3ccncn3)n2-c2ccccc2Cl)C1)c1ccc(F)cc1. The van der Waals surface area contributed by atoms with Crippen molar-refractivity contribution in [3.8, 4) is 17.2 Å². The fourth-order valence-electron chi connectivity index (χ4n) is 3.84. The molecule has 2 heterocycles. The summed E-state index contributed by atoms with van der Waals surface area (Å²) >= 11 is 6.50. The first-order chi connectivity index (χ1) is 15.6. The van der Waals surface area contributed by atoms with Gasteiger partial charge < -0.3 is 5.32 Å². The first-order valence-corrected chi connectivity index (χ1v) is 10.5. The molecule has 0 atom stereocenters. The molecule has 9 heteroatoms. The first-order valence-electron chi connectivity index (χ1n) is 10.1. The number of benzene rings is 2. The minimum absolute atomic E-state index is 0.00329. The Bertz CT molecular complexity index is 1260. The maximum absolute atomic E-state index is 13.1. The quantitative estimate of drug-likeness (QED) is 0.494. The van der Waals surface area contributed by atoms with Crippen LogP contribution in [0, 0.1) is 5.82 Å². The van der Waals surface area contributed by atoms with Crippen LogP contribution in [0.2, 0.25) is 5.02 Å². The number of amides is 1. The van der Waals surface area contributed by atoms with E-state index in [9.17, 15) is 9.18 Å². The lowest BCUT2D eigenvalue weighted by atomic mass is 9.79. The molecule has 2 aromatic heterocycles. The maximum atomic E-state index is 13.1. The highest BCUT2D eigenvalue weighted by molar-refractivity contribution is 6.32. The Hall–Kier alpha value is -3.65. The number of hydrogen-bond acceptors (Lipinski definition) is 5. The van der Waals surface area contributed by atoms with Gasteiger partial charge in [0, 0.05) is 23.7 Å². The predicted octanol–water partition coefficient (Wildman–Crippen LogP) is 4.19. The van der Waals surface area contributed by atoms with Gasteiger partial charge in [0.1, 0.15) is 23.7 Å². The molecular formula is C23H18ClFN6O. The highest BCUT2D eigenvalue weighted by Crippen LogP contribution is 2.39. The Kier molecular flexibility index (Phi) is 5.36. The minimum Gasteiger partial charge on any atom is -0.349 e. The number of hydrogen-bond donors (Lipinski definition) is 1. The van der Waals surface area contributed by atoms with Crippen LogP contribution in [-0.2, 0) is 0 Å². The zero-order valence-electron chi connectivity index (χ0n) is 16.8. The molecule has 32 heavy (non-hydrogen) atoms. The predicted molar refractivity (Wildman–Crippen MR) is 117 cm³/mol. The summed E-state index contributed by atoms with van der Waals surface area (Å²) in [6.07, 6.45) is 4.53. The van der Waals surface area contributed by atoms with E-state index in [0.717, 1.165) is 11.5 Å². The first kappa shape index (κ1) is 20.3. The summed E-state index contributed by atoms with van der Waals surface area (Å²) in [5.74, 6) is 0.840. The normalized spacial score (nSPS) is 17.6. The molecule has 0 unspecified atom stereocenters. The van der Waals surface area contributed by atoms with Gasteiger partial charge in [-0.05, 0) is 55.3 Å². The monoisotopic (exact) mass is 448 g/mol. The van der Waals surface area contributed by atoms with E-state index < -0.39 is 0 Å². The van der Waals surface area contributed by atoms with E-state index in [1.807, 2.05) is 28.8 Å². The van der Waals surface area contributed by atoms with Gasteiger partial charge in [-0.15, -0.1) is 10.2 Å². The molecule has 0 radical (unpaired) electrons. The van der Waals surface area contributed by atoms with E-state index in [1.165, 1.54) is 30.6 Å². The van der Waals surface area contributed by atoms with E-state index in [4.69, 9.17) is 11.6 Å². The van der Waals surface area contributed by atoms with Crippen molar-refractivity contribution in [3.05, 3.63) is 89.3 Å². The number of para-hydroxylation sites is 1. The van der Waals surface area contributed by atoms with E-state index in [2.05, 4.69) is 25.5 Å². The van der Waals surface area contributed by atoms with Gasteiger partial charge >= 0.3 is 0 Å². The molecule has 5 rings (SSSR count). The van der Waals surface area contributed by atoms with Crippen molar-refractivity contribution in [1.82, 2.24) is 30.0 Å². The Morgan fingerprint density at radius 2 is 1.84 bits per heavy atom. The number of carbonyl (C=O) groups is 1. The fraction of sp³-hybridized carbons (Fsp3) is 0.174. The van der Waals surface area contributed by atoms with Crippen molar-refractivity contribution in [3.63, 3.8) is 0 Å². The second kappa shape index (κ2) is 8.47. The number of rotatable bonds is 5. The Labute approximate surface area is 188 Å². The van der Waals surface area contributed by atoms with Crippen LogP contribution in [-0.4, -0.2) is 36.7 Å². The molecule has 0 aliphatic heterocycles. The van der Waals surface area contributed by atoms with Gasteiger partial charge in [-0.25, -0.2) is 14.4 Å². The summed E-state index contributed by atoms with van der Waals surface area (Å²) in [4.78, 5) is 20.7. The van der Waals surface area contributed by atoms with Gasteiger partial charge in [0.2, 0.25) is 0 Å². The van der Waals surface area contributed by atoms with E-state index in [-0.39, 0.29) is 23.7 Å². The number of carbonyl (C=O) groups excluding carboxylic acids is 1. The lowest BCUT2D eigenvalue weighted by Crippen LogP contribution is -2.44. The third-order valence-electron chi connectivity index (χ3n) is 5.54. The smallest absolute Gasteiger partial charge is 0.251 e. The summed E-state index contributed by atoms with van der Waals surface area (Å²) in [5.41, 5.74) is 1.83. The summed E-state index contributed by atoms with van der Waals surface area (Å²) < 4.78 is 15.0. The third kappa shape index (κ3) is 3.85. The van der Waals surface area contributed by atoms with E-state index >= 15 is 0 Å². The molecule has 1 aliphatic rings. The minimum atomic E-state index is -0.372. The molecule has 1 saturated carbocycles. The molecule has 1 aliphatic carbocycles. The standard InChI is InChI=1S/C23H18ClFN6O/c24-18-3-1-2-4-20(18)31-21(29-30-22(31)19-9-10-26-13-27-19)15-11-17(12-15)28-23(32)14-5-7-16(25)8-6-14/h1-10,13,15,17H,11-12H2,(H,28,32). The second-order valence-electron chi connectivity index (χ2n) is 7.61. The molecule has 1 amide bonds. The van der Waals surface area contributed by atoms with Crippen molar-refractivity contribution in [1.29, 1.82) is 0 Å². The molecule has 1 N–H and O–H groups in total. The van der Waals surface area contributed by atoms with E-state index in [1.54, 1.807) is 12.3 Å². The average molecular weight is 449 g/mol. The lowest BCUT2D eigenvalue weighted by molar-refractivity contribution is 0.0907. The zero-order chi connectivity index (χ0) is 22.1. The van der Waals surface area contributed by atoms with Gasteiger partial charge in [0.25, 0.3) is 5.91 Å². The van der Waals surface area contributed by atoms with Crippen LogP contribution in [0.1, 0.15) is 34.9 Å². The van der Waals surface area contributed by atoms with Crippen molar-refractivity contribution >= 4 is 17.5 Å². The Morgan fingerprint density at radius 3 is 2.56 bits per heavy atom. The van der Waals surface area contributed by atoms with Crippen molar-refractivity contribution in [2.75, 3.05) is 0 Å². The molecule has 160 valence electrons. The van der Waals surface area contributed by atoms with Crippen molar-refractivity contribution in [2.24, 2.45) is 0 Å². The van der Waals surface area contributed by atoms with Crippen LogP contribution in [0.5, 0.6) is 0 Å². The third-order valence-corrected chi connectivity index (χ3v) is 5.86. The molecule has 0 saturated heterocycles.